The van der Waals surface area contributed by atoms with Crippen molar-refractivity contribution in [3.05, 3.63) is 47.7 Å². The highest BCUT2D eigenvalue weighted by atomic mass is 16.5. The van der Waals surface area contributed by atoms with Gasteiger partial charge in [-0.25, -0.2) is 0 Å². The fourth-order valence-corrected chi connectivity index (χ4v) is 1.26. The van der Waals surface area contributed by atoms with Crippen molar-refractivity contribution in [2.75, 3.05) is 0 Å². The maximum absolute atomic E-state index is 5.60. The van der Waals surface area contributed by atoms with Gasteiger partial charge in [0.1, 0.15) is 11.9 Å². The molecule has 1 aromatic carbocycles. The van der Waals surface area contributed by atoms with Crippen molar-refractivity contribution in [2.45, 2.75) is 13.8 Å². The molecule has 0 fully saturated rings. The van der Waals surface area contributed by atoms with E-state index in [1.54, 1.807) is 12.1 Å². The Morgan fingerprint density at radius 3 is 2.80 bits per heavy atom. The van der Waals surface area contributed by atoms with Crippen LogP contribution in [-0.2, 0) is 0 Å². The molecule has 0 saturated heterocycles. The second kappa shape index (κ2) is 4.09. The first-order valence-corrected chi connectivity index (χ1v) is 4.71. The van der Waals surface area contributed by atoms with Crippen LogP contribution in [0.5, 0.6) is 11.6 Å². The minimum Gasteiger partial charge on any atom is -0.437 e. The Kier molecular flexibility index (Phi) is 2.63. The molecule has 1 radical (unpaired) electrons. The Morgan fingerprint density at radius 2 is 2.07 bits per heavy atom. The van der Waals surface area contributed by atoms with Crippen LogP contribution in [0.15, 0.2) is 30.3 Å². The molecule has 0 atom stereocenters. The molecule has 0 unspecified atom stereocenters. The third kappa shape index (κ3) is 2.13. The molecule has 0 aliphatic rings. The van der Waals surface area contributed by atoms with Gasteiger partial charge in [0.15, 0.2) is 0 Å². The summed E-state index contributed by atoms with van der Waals surface area (Å²) in [6, 6.07) is 9.33. The van der Waals surface area contributed by atoms with Gasteiger partial charge in [-0.2, -0.15) is 0 Å². The molecular weight excluding hydrogens is 188 g/mol. The largest absolute Gasteiger partial charge is 0.437 e. The molecule has 75 valence electrons. The zero-order valence-electron chi connectivity index (χ0n) is 8.69. The Hall–Kier alpha value is -1.90. The summed E-state index contributed by atoms with van der Waals surface area (Å²) in [5, 5.41) is 7.45. The van der Waals surface area contributed by atoms with Crippen molar-refractivity contribution in [3.8, 4) is 11.6 Å². The average molecular weight is 199 g/mol. The summed E-state index contributed by atoms with van der Waals surface area (Å²) in [6.45, 7) is 4.07. The maximum atomic E-state index is 5.60. The van der Waals surface area contributed by atoms with Gasteiger partial charge in [-0.15, -0.1) is 10.2 Å². The molecule has 15 heavy (non-hydrogen) atoms. The first kappa shape index (κ1) is 9.65. The number of benzene rings is 1. The van der Waals surface area contributed by atoms with Crippen LogP contribution in [0.4, 0.5) is 0 Å². The molecule has 0 spiro atoms. The van der Waals surface area contributed by atoms with Crippen LogP contribution in [0.2, 0.25) is 0 Å². The molecule has 1 heterocycles. The average Bonchev–Trinajstić information content (AvgIpc) is 2.26. The monoisotopic (exact) mass is 199 g/mol. The van der Waals surface area contributed by atoms with E-state index in [2.05, 4.69) is 16.4 Å². The SMILES string of the molecule is Cc1cccc(Oc2cc[c]nn2)c1C. The zero-order chi connectivity index (χ0) is 10.7. The van der Waals surface area contributed by atoms with Gasteiger partial charge >= 0.3 is 0 Å². The molecule has 2 rings (SSSR count). The molecule has 2 aromatic rings. The van der Waals surface area contributed by atoms with E-state index < -0.39 is 0 Å². The van der Waals surface area contributed by atoms with E-state index in [1.807, 2.05) is 32.0 Å². The minimum atomic E-state index is 0.488. The molecule has 3 nitrogen and oxygen atoms in total. The van der Waals surface area contributed by atoms with Crippen LogP contribution in [0.1, 0.15) is 11.1 Å². The summed E-state index contributed by atoms with van der Waals surface area (Å²) < 4.78 is 5.60. The first-order valence-electron chi connectivity index (χ1n) is 4.71. The Labute approximate surface area is 88.7 Å². The number of rotatable bonds is 2. The van der Waals surface area contributed by atoms with E-state index in [4.69, 9.17) is 4.74 Å². The number of ether oxygens (including phenoxy) is 1. The van der Waals surface area contributed by atoms with E-state index in [-0.39, 0.29) is 0 Å². The second-order valence-corrected chi connectivity index (χ2v) is 3.30. The molecule has 0 saturated carbocycles. The van der Waals surface area contributed by atoms with Crippen LogP contribution >= 0.6 is 0 Å². The number of aryl methyl sites for hydroxylation is 1. The fourth-order valence-electron chi connectivity index (χ4n) is 1.26. The van der Waals surface area contributed by atoms with Gasteiger partial charge in [-0.05, 0) is 37.1 Å². The highest BCUT2D eigenvalue weighted by Crippen LogP contribution is 2.24. The van der Waals surface area contributed by atoms with Gasteiger partial charge < -0.3 is 4.74 Å². The topological polar surface area (TPSA) is 35.0 Å². The second-order valence-electron chi connectivity index (χ2n) is 3.30. The van der Waals surface area contributed by atoms with Crippen LogP contribution in [0.25, 0.3) is 0 Å². The smallest absolute Gasteiger partial charge is 0.238 e. The highest BCUT2D eigenvalue weighted by Gasteiger charge is 2.03. The lowest BCUT2D eigenvalue weighted by Crippen LogP contribution is -1.92. The summed E-state index contributed by atoms with van der Waals surface area (Å²) in [4.78, 5) is 0. The first-order chi connectivity index (χ1) is 7.27. The van der Waals surface area contributed by atoms with Gasteiger partial charge in [0.25, 0.3) is 0 Å². The zero-order valence-corrected chi connectivity index (χ0v) is 8.69. The predicted octanol–water partition coefficient (Wildman–Crippen LogP) is 2.69. The Bertz CT molecular complexity index is 454. The third-order valence-electron chi connectivity index (χ3n) is 2.28. The number of aromatic nitrogens is 2. The van der Waals surface area contributed by atoms with E-state index >= 15 is 0 Å². The molecule has 0 bridgehead atoms. The standard InChI is InChI=1S/C12H11N2O/c1-9-5-3-6-11(10(9)2)15-12-7-4-8-13-14-12/h3-7H,1-2H3. The summed E-state index contributed by atoms with van der Waals surface area (Å²) in [5.74, 6) is 1.30. The van der Waals surface area contributed by atoms with Crippen LogP contribution < -0.4 is 4.74 Å². The summed E-state index contributed by atoms with van der Waals surface area (Å²) in [6.07, 6.45) is 2.60. The van der Waals surface area contributed by atoms with E-state index in [0.29, 0.717) is 5.88 Å². The Morgan fingerprint density at radius 1 is 1.20 bits per heavy atom. The summed E-state index contributed by atoms with van der Waals surface area (Å²) in [5.41, 5.74) is 2.31. The van der Waals surface area contributed by atoms with Gasteiger partial charge in [0.2, 0.25) is 5.88 Å². The molecule has 3 heteroatoms. The van der Waals surface area contributed by atoms with Crippen molar-refractivity contribution in [1.29, 1.82) is 0 Å². The lowest BCUT2D eigenvalue weighted by Gasteiger charge is -2.08. The predicted molar refractivity (Wildman–Crippen MR) is 56.9 cm³/mol. The number of nitrogens with zero attached hydrogens (tertiary/aromatic N) is 2. The van der Waals surface area contributed by atoms with E-state index in [0.717, 1.165) is 11.3 Å². The maximum Gasteiger partial charge on any atom is 0.238 e. The molecule has 1 aromatic heterocycles. The van der Waals surface area contributed by atoms with Crippen molar-refractivity contribution in [2.24, 2.45) is 0 Å². The normalized spacial score (nSPS) is 10.0. The van der Waals surface area contributed by atoms with Crippen molar-refractivity contribution >= 4 is 0 Å². The van der Waals surface area contributed by atoms with Crippen LogP contribution in [-0.4, -0.2) is 10.2 Å². The van der Waals surface area contributed by atoms with Crippen molar-refractivity contribution in [3.63, 3.8) is 0 Å². The molecule has 0 N–H and O–H groups in total. The van der Waals surface area contributed by atoms with E-state index in [1.165, 1.54) is 5.56 Å². The molecular formula is C12H11N2O. The van der Waals surface area contributed by atoms with Gasteiger partial charge in [-0.3, -0.25) is 0 Å². The fraction of sp³-hybridized carbons (Fsp3) is 0.167. The highest BCUT2D eigenvalue weighted by molar-refractivity contribution is 5.39. The lowest BCUT2D eigenvalue weighted by atomic mass is 10.1. The van der Waals surface area contributed by atoms with Gasteiger partial charge in [0.05, 0.1) is 0 Å². The van der Waals surface area contributed by atoms with Gasteiger partial charge in [-0.1, -0.05) is 12.1 Å². The van der Waals surface area contributed by atoms with Gasteiger partial charge in [0, 0.05) is 6.07 Å². The summed E-state index contributed by atoms with van der Waals surface area (Å²) in [7, 11) is 0. The van der Waals surface area contributed by atoms with Crippen LogP contribution in [0.3, 0.4) is 0 Å². The molecule has 0 aliphatic carbocycles. The Balaban J connectivity index is 2.29. The van der Waals surface area contributed by atoms with E-state index in [9.17, 15) is 0 Å². The lowest BCUT2D eigenvalue weighted by molar-refractivity contribution is 0.451. The molecule has 0 amide bonds. The summed E-state index contributed by atoms with van der Waals surface area (Å²) >= 11 is 0. The third-order valence-corrected chi connectivity index (χ3v) is 2.28. The number of hydrogen-bond acceptors (Lipinski definition) is 3. The van der Waals surface area contributed by atoms with Crippen molar-refractivity contribution < 1.29 is 4.74 Å². The van der Waals surface area contributed by atoms with Crippen molar-refractivity contribution in [1.82, 2.24) is 10.2 Å². The number of hydrogen-bond donors (Lipinski definition) is 0. The van der Waals surface area contributed by atoms with Crippen LogP contribution in [0, 0.1) is 20.0 Å². The minimum absolute atomic E-state index is 0.488. The molecule has 0 aliphatic heterocycles. The quantitative estimate of drug-likeness (QED) is 0.745.